The Balaban J connectivity index is 1.70. The smallest absolute Gasteiger partial charge is 0.231 e. The average Bonchev–Trinajstić information content (AvgIpc) is 2.95. The van der Waals surface area contributed by atoms with E-state index in [0.29, 0.717) is 5.75 Å². The van der Waals surface area contributed by atoms with Crippen molar-refractivity contribution in [2.45, 2.75) is 12.6 Å². The summed E-state index contributed by atoms with van der Waals surface area (Å²) in [5, 5.41) is 3.17. The molecule has 1 atom stereocenters. The molecule has 1 fully saturated rings. The number of nitrogens with zero attached hydrogens (tertiary/aromatic N) is 1. The molecule has 116 valence electrons. The van der Waals surface area contributed by atoms with E-state index in [2.05, 4.69) is 10.2 Å². The summed E-state index contributed by atoms with van der Waals surface area (Å²) < 4.78 is 22.0. The maximum atomic E-state index is 5.73. The van der Waals surface area contributed by atoms with Gasteiger partial charge in [-0.3, -0.25) is 4.90 Å². The summed E-state index contributed by atoms with van der Waals surface area (Å²) in [7, 11) is 3.60. The van der Waals surface area contributed by atoms with Gasteiger partial charge in [0.15, 0.2) is 11.5 Å². The molecule has 1 unspecified atom stereocenters. The van der Waals surface area contributed by atoms with Crippen LogP contribution in [0.4, 0.5) is 0 Å². The highest BCUT2D eigenvalue weighted by Crippen LogP contribution is 2.42. The minimum atomic E-state index is 0.250. The number of hydrogen-bond acceptors (Lipinski definition) is 6. The lowest BCUT2D eigenvalue weighted by molar-refractivity contribution is -0.0291. The van der Waals surface area contributed by atoms with Crippen molar-refractivity contribution in [3.63, 3.8) is 0 Å². The molecule has 2 heterocycles. The number of nitrogens with one attached hydrogen (secondary N) is 1. The molecule has 21 heavy (non-hydrogen) atoms. The SMILES string of the molecule is CNCC1CN(Cc2cc(OC)c3c(c2)OCO3)CCO1. The van der Waals surface area contributed by atoms with Gasteiger partial charge < -0.3 is 24.3 Å². The first-order valence-electron chi connectivity index (χ1n) is 7.25. The second-order valence-corrected chi connectivity index (χ2v) is 5.32. The van der Waals surface area contributed by atoms with E-state index in [1.54, 1.807) is 7.11 Å². The molecule has 0 amide bonds. The number of fused-ring (bicyclic) bond motifs is 1. The molecule has 6 nitrogen and oxygen atoms in total. The lowest BCUT2D eigenvalue weighted by Gasteiger charge is -2.33. The minimum Gasteiger partial charge on any atom is -0.493 e. The Morgan fingerprint density at radius 3 is 3.10 bits per heavy atom. The molecule has 1 N–H and O–H groups in total. The van der Waals surface area contributed by atoms with Crippen molar-refractivity contribution in [3.8, 4) is 17.2 Å². The van der Waals surface area contributed by atoms with Crippen LogP contribution in [-0.4, -0.2) is 58.2 Å². The predicted molar refractivity (Wildman–Crippen MR) is 78.1 cm³/mol. The van der Waals surface area contributed by atoms with Crippen LogP contribution < -0.4 is 19.5 Å². The van der Waals surface area contributed by atoms with E-state index in [-0.39, 0.29) is 12.9 Å². The van der Waals surface area contributed by atoms with Crippen molar-refractivity contribution in [1.82, 2.24) is 10.2 Å². The van der Waals surface area contributed by atoms with E-state index < -0.39 is 0 Å². The number of methoxy groups -OCH3 is 1. The van der Waals surface area contributed by atoms with Crippen LogP contribution in [0.2, 0.25) is 0 Å². The number of ether oxygens (including phenoxy) is 4. The molecular formula is C15H22N2O4. The molecule has 1 aromatic carbocycles. The van der Waals surface area contributed by atoms with Gasteiger partial charge in [-0.25, -0.2) is 0 Å². The maximum absolute atomic E-state index is 5.73. The molecule has 6 heteroatoms. The van der Waals surface area contributed by atoms with Gasteiger partial charge in [0, 0.05) is 26.2 Å². The van der Waals surface area contributed by atoms with Gasteiger partial charge in [-0.1, -0.05) is 0 Å². The van der Waals surface area contributed by atoms with E-state index in [1.165, 1.54) is 5.56 Å². The summed E-state index contributed by atoms with van der Waals surface area (Å²) in [4.78, 5) is 2.39. The van der Waals surface area contributed by atoms with Crippen molar-refractivity contribution in [1.29, 1.82) is 0 Å². The third-order valence-corrected chi connectivity index (χ3v) is 3.78. The normalized spacial score (nSPS) is 21.5. The summed E-state index contributed by atoms with van der Waals surface area (Å²) in [6, 6.07) is 4.06. The highest BCUT2D eigenvalue weighted by atomic mass is 16.7. The highest BCUT2D eigenvalue weighted by molar-refractivity contribution is 5.55. The second-order valence-electron chi connectivity index (χ2n) is 5.32. The first-order chi connectivity index (χ1) is 10.3. The van der Waals surface area contributed by atoms with Crippen LogP contribution in [0.5, 0.6) is 17.2 Å². The van der Waals surface area contributed by atoms with Crippen molar-refractivity contribution in [2.75, 3.05) is 47.2 Å². The van der Waals surface area contributed by atoms with Crippen LogP contribution >= 0.6 is 0 Å². The van der Waals surface area contributed by atoms with Crippen molar-refractivity contribution >= 4 is 0 Å². The molecule has 2 aliphatic heterocycles. The summed E-state index contributed by atoms with van der Waals surface area (Å²) in [5.41, 5.74) is 1.17. The van der Waals surface area contributed by atoms with Crippen molar-refractivity contribution < 1.29 is 18.9 Å². The Morgan fingerprint density at radius 2 is 2.29 bits per heavy atom. The molecule has 0 saturated carbocycles. The molecule has 0 radical (unpaired) electrons. The Hall–Kier alpha value is -1.50. The summed E-state index contributed by atoms with van der Waals surface area (Å²) in [6.07, 6.45) is 0.250. The highest BCUT2D eigenvalue weighted by Gasteiger charge is 2.23. The molecule has 0 bridgehead atoms. The van der Waals surface area contributed by atoms with Crippen molar-refractivity contribution in [3.05, 3.63) is 17.7 Å². The van der Waals surface area contributed by atoms with E-state index in [4.69, 9.17) is 18.9 Å². The van der Waals surface area contributed by atoms with Gasteiger partial charge in [-0.05, 0) is 24.7 Å². The largest absolute Gasteiger partial charge is 0.493 e. The van der Waals surface area contributed by atoms with Gasteiger partial charge in [0.1, 0.15) is 0 Å². The van der Waals surface area contributed by atoms with E-state index in [9.17, 15) is 0 Å². The zero-order valence-corrected chi connectivity index (χ0v) is 12.6. The monoisotopic (exact) mass is 294 g/mol. The van der Waals surface area contributed by atoms with Gasteiger partial charge in [-0.15, -0.1) is 0 Å². The zero-order chi connectivity index (χ0) is 14.7. The fraction of sp³-hybridized carbons (Fsp3) is 0.600. The van der Waals surface area contributed by atoms with Gasteiger partial charge in [-0.2, -0.15) is 0 Å². The summed E-state index contributed by atoms with van der Waals surface area (Å²) in [6.45, 7) is 4.64. The fourth-order valence-electron chi connectivity index (χ4n) is 2.81. The molecule has 0 aromatic heterocycles. The molecule has 3 rings (SSSR count). The van der Waals surface area contributed by atoms with Crippen LogP contribution in [0.1, 0.15) is 5.56 Å². The van der Waals surface area contributed by atoms with Gasteiger partial charge in [0.25, 0.3) is 0 Å². The average molecular weight is 294 g/mol. The standard InChI is InChI=1S/C15H22N2O4/c1-16-7-12-9-17(3-4-19-12)8-11-5-13(18-2)15-14(6-11)20-10-21-15/h5-6,12,16H,3-4,7-10H2,1-2H3. The molecule has 2 aliphatic rings. The molecule has 1 saturated heterocycles. The minimum absolute atomic E-state index is 0.250. The third kappa shape index (κ3) is 3.23. The predicted octanol–water partition coefficient (Wildman–Crippen LogP) is 0.844. The number of morpholine rings is 1. The summed E-state index contributed by atoms with van der Waals surface area (Å²) >= 11 is 0. The van der Waals surface area contributed by atoms with Crippen LogP contribution in [0.3, 0.4) is 0 Å². The Kier molecular flexibility index (Phi) is 4.48. The topological polar surface area (TPSA) is 52.2 Å². The number of rotatable bonds is 5. The number of likely N-dealkylation sites (N-methyl/N-ethyl adjacent to an activating group) is 1. The number of hydrogen-bond donors (Lipinski definition) is 1. The zero-order valence-electron chi connectivity index (χ0n) is 12.6. The van der Waals surface area contributed by atoms with Gasteiger partial charge in [0.05, 0.1) is 19.8 Å². The first kappa shape index (κ1) is 14.4. The van der Waals surface area contributed by atoms with E-state index >= 15 is 0 Å². The van der Waals surface area contributed by atoms with Gasteiger partial charge >= 0.3 is 0 Å². The van der Waals surface area contributed by atoms with Crippen LogP contribution in [0.15, 0.2) is 12.1 Å². The molecule has 1 aromatic rings. The van der Waals surface area contributed by atoms with Crippen LogP contribution in [0.25, 0.3) is 0 Å². The quantitative estimate of drug-likeness (QED) is 0.869. The fourth-order valence-corrected chi connectivity index (χ4v) is 2.81. The Morgan fingerprint density at radius 1 is 1.38 bits per heavy atom. The van der Waals surface area contributed by atoms with Crippen LogP contribution in [-0.2, 0) is 11.3 Å². The van der Waals surface area contributed by atoms with Gasteiger partial charge in [0.2, 0.25) is 12.5 Å². The third-order valence-electron chi connectivity index (χ3n) is 3.78. The van der Waals surface area contributed by atoms with Crippen molar-refractivity contribution in [2.24, 2.45) is 0 Å². The molecule has 0 spiro atoms. The second kappa shape index (κ2) is 6.51. The lowest BCUT2D eigenvalue weighted by Crippen LogP contribution is -2.45. The number of benzene rings is 1. The van der Waals surface area contributed by atoms with E-state index in [0.717, 1.165) is 44.3 Å². The summed E-state index contributed by atoms with van der Waals surface area (Å²) in [5.74, 6) is 2.21. The van der Waals surface area contributed by atoms with E-state index in [1.807, 2.05) is 19.2 Å². The Bertz CT molecular complexity index is 493. The molecule has 0 aliphatic carbocycles. The van der Waals surface area contributed by atoms with Crippen LogP contribution in [0, 0.1) is 0 Å². The molecular weight excluding hydrogens is 272 g/mol. The Labute approximate surface area is 124 Å². The maximum Gasteiger partial charge on any atom is 0.231 e. The lowest BCUT2D eigenvalue weighted by atomic mass is 10.1. The first-order valence-corrected chi connectivity index (χ1v) is 7.25.